The maximum atomic E-state index is 13.7. The summed E-state index contributed by atoms with van der Waals surface area (Å²) in [6.07, 6.45) is 0. The third-order valence-corrected chi connectivity index (χ3v) is 4.79. The fourth-order valence-electron chi connectivity index (χ4n) is 2.53. The molecule has 2 nitrogen and oxygen atoms in total. The van der Waals surface area contributed by atoms with Gasteiger partial charge < -0.3 is 11.1 Å². The first-order valence-electron chi connectivity index (χ1n) is 6.04. The van der Waals surface area contributed by atoms with Crippen LogP contribution in [0, 0.1) is 16.6 Å². The van der Waals surface area contributed by atoms with Crippen LogP contribution in [0.5, 0.6) is 0 Å². The summed E-state index contributed by atoms with van der Waals surface area (Å²) < 4.78 is 13.7. The summed E-state index contributed by atoms with van der Waals surface area (Å²) in [6, 6.07) is 5.25. The molecule has 1 aliphatic rings. The molecule has 1 aromatic carbocycles. The molecule has 0 atom stereocenters. The van der Waals surface area contributed by atoms with Gasteiger partial charge in [-0.1, -0.05) is 39.9 Å². The topological polar surface area (TPSA) is 38.0 Å². The minimum absolute atomic E-state index is 0.0890. The van der Waals surface area contributed by atoms with E-state index in [2.05, 4.69) is 33.0 Å². The Balaban J connectivity index is 2.18. The van der Waals surface area contributed by atoms with E-state index in [0.717, 1.165) is 5.69 Å². The Morgan fingerprint density at radius 3 is 2.22 bits per heavy atom. The maximum absolute atomic E-state index is 13.7. The largest absolute Gasteiger partial charge is 0.389 e. The molecular weight excluding hydrogens is 247 g/mol. The van der Waals surface area contributed by atoms with E-state index in [1.807, 2.05) is 6.07 Å². The highest BCUT2D eigenvalue weighted by Gasteiger charge is 2.64. The van der Waals surface area contributed by atoms with Crippen LogP contribution in [-0.2, 0) is 0 Å². The molecule has 1 aliphatic carbocycles. The Hall–Kier alpha value is -1.16. The van der Waals surface area contributed by atoms with E-state index in [1.54, 1.807) is 6.07 Å². The first kappa shape index (κ1) is 13.3. The molecule has 1 fully saturated rings. The van der Waals surface area contributed by atoms with Gasteiger partial charge in [-0.2, -0.15) is 0 Å². The molecule has 0 aliphatic heterocycles. The van der Waals surface area contributed by atoms with Gasteiger partial charge in [0.1, 0.15) is 10.8 Å². The Kier molecular flexibility index (Phi) is 2.89. The smallest absolute Gasteiger partial charge is 0.135 e. The van der Waals surface area contributed by atoms with Gasteiger partial charge in [0.05, 0.1) is 0 Å². The van der Waals surface area contributed by atoms with E-state index < -0.39 is 0 Å². The highest BCUT2D eigenvalue weighted by atomic mass is 32.1. The molecule has 3 N–H and O–H groups in total. The summed E-state index contributed by atoms with van der Waals surface area (Å²) in [5.74, 6) is -0.372. The van der Waals surface area contributed by atoms with Crippen molar-refractivity contribution in [2.75, 3.05) is 5.32 Å². The van der Waals surface area contributed by atoms with E-state index >= 15 is 0 Å². The fourth-order valence-corrected chi connectivity index (χ4v) is 2.69. The van der Waals surface area contributed by atoms with E-state index in [4.69, 9.17) is 18.0 Å². The molecule has 0 bridgehead atoms. The zero-order valence-electron chi connectivity index (χ0n) is 11.2. The Morgan fingerprint density at radius 2 is 1.83 bits per heavy atom. The van der Waals surface area contributed by atoms with Crippen LogP contribution in [0.25, 0.3) is 0 Å². The van der Waals surface area contributed by atoms with Crippen molar-refractivity contribution >= 4 is 22.9 Å². The van der Waals surface area contributed by atoms with E-state index in [9.17, 15) is 4.39 Å². The van der Waals surface area contributed by atoms with Crippen LogP contribution in [0.3, 0.4) is 0 Å². The summed E-state index contributed by atoms with van der Waals surface area (Å²) in [5, 5.41) is 3.38. The van der Waals surface area contributed by atoms with Gasteiger partial charge in [-0.05, 0) is 29.0 Å². The lowest BCUT2D eigenvalue weighted by Crippen LogP contribution is -2.13. The van der Waals surface area contributed by atoms with Crippen molar-refractivity contribution in [3.8, 4) is 0 Å². The molecule has 2 rings (SSSR count). The minimum Gasteiger partial charge on any atom is -0.389 e. The summed E-state index contributed by atoms with van der Waals surface area (Å²) >= 11 is 4.78. The highest BCUT2D eigenvalue weighted by Crippen LogP contribution is 2.63. The lowest BCUT2D eigenvalue weighted by atomic mass is 10.0. The number of hydrogen-bond acceptors (Lipinski definition) is 2. The Bertz CT molecular complexity index is 495. The van der Waals surface area contributed by atoms with Crippen LogP contribution >= 0.6 is 12.2 Å². The van der Waals surface area contributed by atoms with Gasteiger partial charge in [-0.15, -0.1) is 0 Å². The Labute approximate surface area is 113 Å². The molecule has 98 valence electrons. The average molecular weight is 266 g/mol. The second-order valence-corrected chi connectivity index (χ2v) is 6.52. The van der Waals surface area contributed by atoms with Gasteiger partial charge in [0.2, 0.25) is 0 Å². The molecular formula is C14H19FN2S. The van der Waals surface area contributed by atoms with Gasteiger partial charge in [0.25, 0.3) is 0 Å². The molecule has 0 unspecified atom stereocenters. The number of thiocarbonyl (C=S) groups is 1. The van der Waals surface area contributed by atoms with Crippen LogP contribution in [0.1, 0.15) is 33.3 Å². The first-order chi connectivity index (χ1) is 8.18. The van der Waals surface area contributed by atoms with Crippen molar-refractivity contribution in [2.45, 2.75) is 33.7 Å². The number of nitrogens with one attached hydrogen (secondary N) is 1. The summed E-state index contributed by atoms with van der Waals surface area (Å²) in [4.78, 5) is 0.0890. The van der Waals surface area contributed by atoms with Crippen LogP contribution in [0.4, 0.5) is 10.1 Å². The number of nitrogens with two attached hydrogens (primary N) is 1. The number of halogens is 1. The zero-order valence-corrected chi connectivity index (χ0v) is 12.0. The zero-order chi connectivity index (χ0) is 13.7. The third-order valence-electron chi connectivity index (χ3n) is 4.57. The van der Waals surface area contributed by atoms with Crippen molar-refractivity contribution in [3.63, 3.8) is 0 Å². The summed E-state index contributed by atoms with van der Waals surface area (Å²) in [7, 11) is 0. The number of benzene rings is 1. The molecule has 18 heavy (non-hydrogen) atoms. The van der Waals surface area contributed by atoms with E-state index in [-0.39, 0.29) is 21.6 Å². The van der Waals surface area contributed by atoms with Gasteiger partial charge in [0, 0.05) is 17.3 Å². The minimum atomic E-state index is -0.372. The van der Waals surface area contributed by atoms with E-state index in [0.29, 0.717) is 11.6 Å². The molecule has 4 heteroatoms. The maximum Gasteiger partial charge on any atom is 0.135 e. The van der Waals surface area contributed by atoms with Gasteiger partial charge in [-0.25, -0.2) is 4.39 Å². The highest BCUT2D eigenvalue weighted by molar-refractivity contribution is 7.80. The third kappa shape index (κ3) is 1.88. The monoisotopic (exact) mass is 266 g/mol. The van der Waals surface area contributed by atoms with Crippen LogP contribution < -0.4 is 11.1 Å². The predicted octanol–water partition coefficient (Wildman–Crippen LogP) is 3.31. The van der Waals surface area contributed by atoms with Gasteiger partial charge in [-0.3, -0.25) is 0 Å². The van der Waals surface area contributed by atoms with Crippen molar-refractivity contribution < 1.29 is 4.39 Å². The molecule has 0 heterocycles. The second kappa shape index (κ2) is 3.92. The normalized spacial score (nSPS) is 20.5. The molecule has 0 spiro atoms. The number of anilines is 1. The van der Waals surface area contributed by atoms with Crippen molar-refractivity contribution in [3.05, 3.63) is 29.6 Å². The van der Waals surface area contributed by atoms with Gasteiger partial charge >= 0.3 is 0 Å². The van der Waals surface area contributed by atoms with Crippen molar-refractivity contribution in [2.24, 2.45) is 16.6 Å². The summed E-state index contributed by atoms with van der Waals surface area (Å²) in [5.41, 5.74) is 6.93. The fraction of sp³-hybridized carbons (Fsp3) is 0.500. The van der Waals surface area contributed by atoms with Crippen LogP contribution in [-0.4, -0.2) is 11.0 Å². The molecule has 1 saturated carbocycles. The van der Waals surface area contributed by atoms with Gasteiger partial charge in [0.15, 0.2) is 0 Å². The SMILES string of the molecule is CC1(C)C(Nc2ccc(C(N)=S)c(F)c2)C1(C)C. The molecule has 0 radical (unpaired) electrons. The van der Waals surface area contributed by atoms with Crippen molar-refractivity contribution in [1.82, 2.24) is 0 Å². The number of hydrogen-bond donors (Lipinski definition) is 2. The average Bonchev–Trinajstić information content (AvgIpc) is 2.60. The number of rotatable bonds is 3. The molecule has 0 aromatic heterocycles. The lowest BCUT2D eigenvalue weighted by molar-refractivity contribution is 0.457. The summed E-state index contributed by atoms with van der Waals surface area (Å²) in [6.45, 7) is 8.85. The molecule has 0 amide bonds. The lowest BCUT2D eigenvalue weighted by Gasteiger charge is -2.10. The second-order valence-electron chi connectivity index (χ2n) is 6.08. The quantitative estimate of drug-likeness (QED) is 0.824. The first-order valence-corrected chi connectivity index (χ1v) is 6.44. The standard InChI is InChI=1S/C14H19FN2S/c1-13(2)12(14(13,3)4)17-8-5-6-9(11(16)18)10(15)7-8/h5-7,12,17H,1-4H3,(H2,16,18). The van der Waals surface area contributed by atoms with Crippen molar-refractivity contribution in [1.29, 1.82) is 0 Å². The predicted molar refractivity (Wildman–Crippen MR) is 77.3 cm³/mol. The van der Waals surface area contributed by atoms with E-state index in [1.165, 1.54) is 6.07 Å². The van der Waals surface area contributed by atoms with Crippen LogP contribution in [0.2, 0.25) is 0 Å². The Morgan fingerprint density at radius 1 is 1.28 bits per heavy atom. The van der Waals surface area contributed by atoms with Crippen LogP contribution in [0.15, 0.2) is 18.2 Å². The molecule has 0 saturated heterocycles. The molecule has 1 aromatic rings.